The van der Waals surface area contributed by atoms with E-state index in [9.17, 15) is 59.9 Å². The van der Waals surface area contributed by atoms with Crippen molar-refractivity contribution in [1.82, 2.24) is 0 Å². The largest absolute Gasteiger partial charge is 0.472 e. The first-order chi connectivity index (χ1) is 33.7. The summed E-state index contributed by atoms with van der Waals surface area (Å²) in [4.78, 5) is 36.6. The van der Waals surface area contributed by atoms with Crippen molar-refractivity contribution < 1.29 is 87.9 Å². The molecule has 1 saturated heterocycles. The van der Waals surface area contributed by atoms with Crippen LogP contribution in [0.5, 0.6) is 0 Å². The van der Waals surface area contributed by atoms with Crippen LogP contribution in [0, 0.1) is 0 Å². The molecule has 0 bridgehead atoms. The Kier molecular flexibility index (Phi) is 35.8. The fourth-order valence-corrected chi connectivity index (χ4v) is 9.73. The van der Waals surface area contributed by atoms with Gasteiger partial charge in [-0.25, -0.2) is 4.57 Å². The van der Waals surface area contributed by atoms with Gasteiger partial charge in [-0.15, -0.1) is 0 Å². The van der Waals surface area contributed by atoms with Gasteiger partial charge in [-0.1, -0.05) is 167 Å². The molecular formula is C51H95O18P. The Balaban J connectivity index is 1.92. The number of rotatable bonds is 42. The molecule has 19 heteroatoms. The van der Waals surface area contributed by atoms with E-state index >= 15 is 0 Å². The molecule has 412 valence electrons. The lowest BCUT2D eigenvalue weighted by Gasteiger charge is -2.47. The molecule has 0 radical (unpaired) electrons. The third-order valence-electron chi connectivity index (χ3n) is 13.2. The summed E-state index contributed by atoms with van der Waals surface area (Å²) < 4.78 is 45.5. The molecule has 70 heavy (non-hydrogen) atoms. The molecule has 2 aliphatic rings. The molecular weight excluding hydrogens is 932 g/mol. The Bertz CT molecular complexity index is 1410. The second-order valence-corrected chi connectivity index (χ2v) is 20.8. The van der Waals surface area contributed by atoms with Gasteiger partial charge in [-0.2, -0.15) is 0 Å². The Morgan fingerprint density at radius 1 is 0.529 bits per heavy atom. The van der Waals surface area contributed by atoms with E-state index in [1.54, 1.807) is 0 Å². The van der Waals surface area contributed by atoms with Crippen LogP contribution in [0.2, 0.25) is 0 Å². The van der Waals surface area contributed by atoms with Crippen LogP contribution >= 0.6 is 7.82 Å². The summed E-state index contributed by atoms with van der Waals surface area (Å²) in [5, 5.41) is 83.0. The van der Waals surface area contributed by atoms with Crippen molar-refractivity contribution in [3.63, 3.8) is 0 Å². The zero-order valence-corrected chi connectivity index (χ0v) is 43.5. The van der Waals surface area contributed by atoms with Crippen molar-refractivity contribution in [1.29, 1.82) is 0 Å². The van der Waals surface area contributed by atoms with E-state index in [0.29, 0.717) is 12.8 Å². The van der Waals surface area contributed by atoms with Crippen LogP contribution in [0.15, 0.2) is 12.2 Å². The van der Waals surface area contributed by atoms with E-state index in [2.05, 4.69) is 26.0 Å². The van der Waals surface area contributed by atoms with Gasteiger partial charge in [0.05, 0.1) is 13.2 Å². The van der Waals surface area contributed by atoms with Gasteiger partial charge in [0, 0.05) is 12.8 Å². The number of allylic oxidation sites excluding steroid dienone is 2. The van der Waals surface area contributed by atoms with Crippen LogP contribution in [-0.4, -0.2) is 151 Å². The van der Waals surface area contributed by atoms with E-state index in [1.807, 2.05) is 0 Å². The van der Waals surface area contributed by atoms with Crippen molar-refractivity contribution in [3.05, 3.63) is 12.2 Å². The Morgan fingerprint density at radius 2 is 0.943 bits per heavy atom. The van der Waals surface area contributed by atoms with Crippen molar-refractivity contribution in [2.45, 2.75) is 280 Å². The zero-order valence-electron chi connectivity index (χ0n) is 42.6. The number of carbonyl (C=O) groups is 2. The molecule has 0 aromatic carbocycles. The number of phosphoric ester groups is 1. The SMILES string of the molecule is CCCCCCCCC/C=C\CCCCCC(=O)OCC(COP(=O)(O)OC1C(O)C(O)C(O)C(O)C1OC1OC(CO)C(O)C(O)C1O)OC(=O)CCCCCCCCCCCCCCCCCC. The van der Waals surface area contributed by atoms with E-state index in [1.165, 1.54) is 116 Å². The molecule has 18 nitrogen and oxygen atoms in total. The van der Waals surface area contributed by atoms with Gasteiger partial charge in [0.2, 0.25) is 0 Å². The first-order valence-corrected chi connectivity index (χ1v) is 28.5. The molecule has 13 unspecified atom stereocenters. The zero-order chi connectivity index (χ0) is 51.6. The maximum Gasteiger partial charge on any atom is 0.472 e. The minimum absolute atomic E-state index is 0.0347. The maximum absolute atomic E-state index is 13.4. The minimum atomic E-state index is -5.38. The molecule has 0 amide bonds. The number of aliphatic hydroxyl groups excluding tert-OH is 8. The summed E-state index contributed by atoms with van der Waals surface area (Å²) in [7, 11) is -5.38. The number of carbonyl (C=O) groups excluding carboxylic acids is 2. The normalized spacial score (nSPS) is 27.4. The fourth-order valence-electron chi connectivity index (χ4n) is 8.76. The highest BCUT2D eigenvalue weighted by atomic mass is 31.2. The van der Waals surface area contributed by atoms with Crippen molar-refractivity contribution in [2.75, 3.05) is 19.8 Å². The number of unbranched alkanes of at least 4 members (excludes halogenated alkanes) is 25. The second-order valence-electron chi connectivity index (χ2n) is 19.4. The van der Waals surface area contributed by atoms with Crippen LogP contribution in [0.25, 0.3) is 0 Å². The third kappa shape index (κ3) is 27.1. The number of esters is 2. The minimum Gasteiger partial charge on any atom is -0.462 e. The first kappa shape index (κ1) is 64.5. The van der Waals surface area contributed by atoms with Gasteiger partial charge in [0.1, 0.15) is 67.6 Å². The summed E-state index contributed by atoms with van der Waals surface area (Å²) in [5.41, 5.74) is 0. The summed E-state index contributed by atoms with van der Waals surface area (Å²) in [6, 6.07) is 0. The lowest BCUT2D eigenvalue weighted by atomic mass is 9.84. The molecule has 2 rings (SSSR count). The molecule has 2 fully saturated rings. The van der Waals surface area contributed by atoms with Crippen LogP contribution in [0.4, 0.5) is 0 Å². The average Bonchev–Trinajstić information content (AvgIpc) is 3.34. The molecule has 0 spiro atoms. The lowest BCUT2D eigenvalue weighted by molar-refractivity contribution is -0.338. The summed E-state index contributed by atoms with van der Waals surface area (Å²) >= 11 is 0. The highest BCUT2D eigenvalue weighted by Gasteiger charge is 2.55. The first-order valence-electron chi connectivity index (χ1n) is 27.0. The second kappa shape index (κ2) is 38.9. The van der Waals surface area contributed by atoms with E-state index < -0.39 is 113 Å². The Morgan fingerprint density at radius 3 is 1.43 bits per heavy atom. The quantitative estimate of drug-likeness (QED) is 0.0130. The number of aliphatic hydroxyl groups is 8. The van der Waals surface area contributed by atoms with Gasteiger partial charge in [0.15, 0.2) is 12.4 Å². The van der Waals surface area contributed by atoms with E-state index in [0.717, 1.165) is 51.4 Å². The van der Waals surface area contributed by atoms with Crippen LogP contribution in [-0.2, 0) is 42.1 Å². The van der Waals surface area contributed by atoms with E-state index in [4.69, 9.17) is 28.0 Å². The summed E-state index contributed by atoms with van der Waals surface area (Å²) in [5.74, 6) is -1.23. The van der Waals surface area contributed by atoms with Crippen molar-refractivity contribution in [3.8, 4) is 0 Å². The van der Waals surface area contributed by atoms with Gasteiger partial charge in [-0.05, 0) is 38.5 Å². The van der Waals surface area contributed by atoms with Crippen LogP contribution in [0.3, 0.4) is 0 Å². The molecule has 0 aromatic rings. The molecule has 1 heterocycles. The maximum atomic E-state index is 13.4. The average molecular weight is 1030 g/mol. The van der Waals surface area contributed by atoms with Gasteiger partial charge < -0.3 is 64.7 Å². The van der Waals surface area contributed by atoms with Crippen molar-refractivity contribution >= 4 is 19.8 Å². The van der Waals surface area contributed by atoms with Gasteiger partial charge >= 0.3 is 19.8 Å². The molecule has 13 atom stereocenters. The number of hydrogen-bond acceptors (Lipinski definition) is 17. The Hall–Kier alpha value is -1.61. The fraction of sp³-hybridized carbons (Fsp3) is 0.922. The predicted octanol–water partition coefficient (Wildman–Crippen LogP) is 6.88. The number of phosphoric acid groups is 1. The van der Waals surface area contributed by atoms with Crippen LogP contribution in [0.1, 0.15) is 206 Å². The topological polar surface area (TPSA) is 289 Å². The molecule has 0 aromatic heterocycles. The third-order valence-corrected chi connectivity index (χ3v) is 14.2. The Labute approximate surface area is 418 Å². The standard InChI is InChI=1S/C51H95O18P/c1-3-5-7-9-11-13-15-17-19-20-22-24-26-28-30-32-34-41(54)66-38(36-64-40(53)33-31-29-27-25-23-21-18-16-14-12-10-8-6-4-2)37-65-70(62,63)69-50-47(60)45(58)44(57)46(59)49(50)68-51-48(61)43(56)42(55)39(35-52)67-51/h21,23,38-39,42-52,55-61H,3-20,22,24-37H2,1-2H3,(H,62,63)/b23-21-. The summed E-state index contributed by atoms with van der Waals surface area (Å²) in [6.45, 7) is 2.24. The summed E-state index contributed by atoms with van der Waals surface area (Å²) in [6.07, 6.45) is 12.9. The highest BCUT2D eigenvalue weighted by Crippen LogP contribution is 2.48. The highest BCUT2D eigenvalue weighted by molar-refractivity contribution is 7.47. The molecule has 1 aliphatic heterocycles. The van der Waals surface area contributed by atoms with Crippen LogP contribution < -0.4 is 0 Å². The lowest BCUT2D eigenvalue weighted by Crippen LogP contribution is -2.67. The van der Waals surface area contributed by atoms with E-state index in [-0.39, 0.29) is 12.8 Å². The molecule has 1 saturated carbocycles. The monoisotopic (exact) mass is 1030 g/mol. The number of ether oxygens (including phenoxy) is 4. The van der Waals surface area contributed by atoms with Gasteiger partial charge in [0.25, 0.3) is 0 Å². The smallest absolute Gasteiger partial charge is 0.462 e. The number of hydrogen-bond donors (Lipinski definition) is 9. The molecule has 1 aliphatic carbocycles. The predicted molar refractivity (Wildman–Crippen MR) is 263 cm³/mol. The van der Waals surface area contributed by atoms with Crippen molar-refractivity contribution in [2.24, 2.45) is 0 Å². The molecule has 9 N–H and O–H groups in total. The van der Waals surface area contributed by atoms with Gasteiger partial charge in [-0.3, -0.25) is 18.6 Å².